The lowest BCUT2D eigenvalue weighted by Crippen LogP contribution is -2.26. The van der Waals surface area contributed by atoms with Crippen LogP contribution in [0.3, 0.4) is 0 Å². The van der Waals surface area contributed by atoms with Crippen LogP contribution in [0.5, 0.6) is 11.5 Å². The van der Waals surface area contributed by atoms with Crippen molar-refractivity contribution in [1.29, 1.82) is 0 Å². The van der Waals surface area contributed by atoms with Crippen molar-refractivity contribution in [2.45, 2.75) is 31.8 Å². The Morgan fingerprint density at radius 2 is 2.10 bits per heavy atom. The molecule has 3 aromatic rings. The Balaban J connectivity index is 1.72. The first-order valence-corrected chi connectivity index (χ1v) is 9.93. The predicted octanol–water partition coefficient (Wildman–Crippen LogP) is 4.82. The average molecular weight is 420 g/mol. The molecule has 1 atom stereocenters. The van der Waals surface area contributed by atoms with E-state index in [1.807, 2.05) is 0 Å². The van der Waals surface area contributed by atoms with E-state index < -0.39 is 11.9 Å². The second-order valence-electron chi connectivity index (χ2n) is 7.17. The minimum Gasteiger partial charge on any atom is -0.496 e. The number of benzene rings is 1. The van der Waals surface area contributed by atoms with E-state index in [2.05, 4.69) is 10.3 Å². The van der Waals surface area contributed by atoms with E-state index in [0.29, 0.717) is 28.6 Å². The molecular formula is C21H23ClFN3O3. The summed E-state index contributed by atoms with van der Waals surface area (Å²) in [7, 11) is 1.49. The fourth-order valence-electron chi connectivity index (χ4n) is 3.90. The summed E-state index contributed by atoms with van der Waals surface area (Å²) >= 11 is 6.19. The Morgan fingerprint density at radius 1 is 1.34 bits per heavy atom. The molecule has 3 N–H and O–H groups in total. The molecular weight excluding hydrogens is 397 g/mol. The van der Waals surface area contributed by atoms with Crippen molar-refractivity contribution < 1.29 is 18.3 Å². The first kappa shape index (κ1) is 19.8. The van der Waals surface area contributed by atoms with Gasteiger partial charge in [-0.25, -0.2) is 9.37 Å². The number of methoxy groups -OCH3 is 1. The van der Waals surface area contributed by atoms with E-state index in [9.17, 15) is 4.39 Å². The molecule has 29 heavy (non-hydrogen) atoms. The van der Waals surface area contributed by atoms with E-state index in [1.165, 1.54) is 19.2 Å². The zero-order chi connectivity index (χ0) is 20.5. The Morgan fingerprint density at radius 3 is 2.83 bits per heavy atom. The first-order valence-electron chi connectivity index (χ1n) is 9.56. The van der Waals surface area contributed by atoms with Crippen LogP contribution >= 0.6 is 11.6 Å². The molecule has 4 rings (SSSR count). The fourth-order valence-corrected chi connectivity index (χ4v) is 4.21. The predicted molar refractivity (Wildman–Crippen MR) is 110 cm³/mol. The quantitative estimate of drug-likeness (QED) is 0.617. The molecule has 2 aromatic heterocycles. The average Bonchev–Trinajstić information content (AvgIpc) is 3.16. The fraction of sp³-hybridized carbons (Fsp3) is 0.381. The molecule has 0 spiro atoms. The number of fused-ring (bicyclic) bond motifs is 1. The number of hydrogen-bond donors (Lipinski definition) is 2. The topological polar surface area (TPSA) is 82.5 Å². The van der Waals surface area contributed by atoms with Crippen molar-refractivity contribution in [3.05, 3.63) is 46.6 Å². The molecule has 0 amide bonds. The van der Waals surface area contributed by atoms with Gasteiger partial charge < -0.3 is 24.9 Å². The van der Waals surface area contributed by atoms with Crippen molar-refractivity contribution in [2.75, 3.05) is 25.9 Å². The van der Waals surface area contributed by atoms with Crippen molar-refractivity contribution in [1.82, 2.24) is 10.3 Å². The Kier molecular flexibility index (Phi) is 5.52. The number of ether oxygens (including phenoxy) is 2. The van der Waals surface area contributed by atoms with Crippen LogP contribution in [0.4, 0.5) is 10.2 Å². The highest BCUT2D eigenvalue weighted by Gasteiger charge is 2.26. The normalized spacial score (nSPS) is 16.1. The minimum atomic E-state index is -0.643. The van der Waals surface area contributed by atoms with Crippen LogP contribution in [0, 0.1) is 5.82 Å². The second kappa shape index (κ2) is 8.08. The van der Waals surface area contributed by atoms with Crippen LogP contribution in [-0.2, 0) is 0 Å². The second-order valence-corrected chi connectivity index (χ2v) is 7.55. The molecule has 3 heterocycles. The summed E-state index contributed by atoms with van der Waals surface area (Å²) in [5.74, 6) is 0.788. The van der Waals surface area contributed by atoms with Crippen LogP contribution in [0.15, 0.2) is 29.0 Å². The van der Waals surface area contributed by atoms with E-state index in [-0.39, 0.29) is 10.8 Å². The van der Waals surface area contributed by atoms with Crippen LogP contribution in [0.2, 0.25) is 5.02 Å². The molecule has 1 aliphatic heterocycles. The molecule has 0 radical (unpaired) electrons. The smallest absolute Gasteiger partial charge is 0.205 e. The summed E-state index contributed by atoms with van der Waals surface area (Å²) in [4.78, 5) is 4.30. The highest BCUT2D eigenvalue weighted by Crippen LogP contribution is 2.42. The van der Waals surface area contributed by atoms with E-state index in [0.717, 1.165) is 36.9 Å². The number of rotatable bonds is 5. The summed E-state index contributed by atoms with van der Waals surface area (Å²) in [5, 5.41) is 4.19. The summed E-state index contributed by atoms with van der Waals surface area (Å²) in [6.45, 7) is 3.69. The van der Waals surface area contributed by atoms with E-state index in [4.69, 9.17) is 31.2 Å². The monoisotopic (exact) mass is 419 g/mol. The molecule has 0 bridgehead atoms. The summed E-state index contributed by atoms with van der Waals surface area (Å²) in [5.41, 5.74) is 8.13. The van der Waals surface area contributed by atoms with E-state index >= 15 is 0 Å². The number of furan rings is 1. The minimum absolute atomic E-state index is 0.0506. The Hall–Kier alpha value is -2.51. The highest BCUT2D eigenvalue weighted by molar-refractivity contribution is 6.31. The third kappa shape index (κ3) is 3.60. The molecule has 1 aliphatic rings. The highest BCUT2D eigenvalue weighted by atomic mass is 35.5. The number of nitrogen functional groups attached to an aromatic ring is 1. The third-order valence-electron chi connectivity index (χ3n) is 5.42. The van der Waals surface area contributed by atoms with Gasteiger partial charge in [0.05, 0.1) is 24.0 Å². The summed E-state index contributed by atoms with van der Waals surface area (Å²) < 4.78 is 31.3. The van der Waals surface area contributed by atoms with Gasteiger partial charge in [0.2, 0.25) is 5.75 Å². The van der Waals surface area contributed by atoms with Gasteiger partial charge in [0.25, 0.3) is 0 Å². The number of aromatic nitrogens is 1. The number of hydrogen-bond acceptors (Lipinski definition) is 6. The van der Waals surface area contributed by atoms with Crippen LogP contribution in [0.1, 0.15) is 42.9 Å². The van der Waals surface area contributed by atoms with Crippen LogP contribution in [0.25, 0.3) is 11.0 Å². The van der Waals surface area contributed by atoms with Crippen molar-refractivity contribution in [3.8, 4) is 11.5 Å². The molecule has 1 fully saturated rings. The molecule has 1 saturated heterocycles. The standard InChI is InChI=1S/C21H23ClFN3O3/c1-11(17-16(27-2)4-3-15(23)18(17)22)29-20-19-13(9-26-21(20)24)14(10-28-19)12-5-7-25-8-6-12/h3-4,9-12,25H,5-8H2,1-2H3,(H2,24,26)/t11-/m1/s1. The number of nitrogens with zero attached hydrogens (tertiary/aromatic N) is 1. The van der Waals surface area contributed by atoms with Gasteiger partial charge in [-0.15, -0.1) is 0 Å². The number of pyridine rings is 1. The van der Waals surface area contributed by atoms with Gasteiger partial charge in [0.15, 0.2) is 11.4 Å². The molecule has 1 aromatic carbocycles. The maximum atomic E-state index is 14.0. The number of anilines is 1. The zero-order valence-electron chi connectivity index (χ0n) is 16.3. The maximum absolute atomic E-state index is 14.0. The number of nitrogens with two attached hydrogens (primary N) is 1. The van der Waals surface area contributed by atoms with Gasteiger partial charge in [-0.05, 0) is 50.9 Å². The lowest BCUT2D eigenvalue weighted by Gasteiger charge is -2.22. The molecule has 8 heteroatoms. The first-order chi connectivity index (χ1) is 14.0. The number of halogens is 2. The van der Waals surface area contributed by atoms with Crippen molar-refractivity contribution in [2.24, 2.45) is 0 Å². The van der Waals surface area contributed by atoms with Crippen molar-refractivity contribution >= 4 is 28.4 Å². The Labute approximate surface area is 173 Å². The lowest BCUT2D eigenvalue weighted by molar-refractivity contribution is 0.221. The number of nitrogens with one attached hydrogen (secondary N) is 1. The van der Waals surface area contributed by atoms with Gasteiger partial charge >= 0.3 is 0 Å². The maximum Gasteiger partial charge on any atom is 0.205 e. The zero-order valence-corrected chi connectivity index (χ0v) is 17.1. The molecule has 6 nitrogen and oxygen atoms in total. The molecule has 154 valence electrons. The van der Waals surface area contributed by atoms with Gasteiger partial charge in [-0.3, -0.25) is 0 Å². The lowest BCUT2D eigenvalue weighted by atomic mass is 9.90. The number of piperidine rings is 1. The van der Waals surface area contributed by atoms with Crippen LogP contribution in [-0.4, -0.2) is 25.2 Å². The van der Waals surface area contributed by atoms with Gasteiger partial charge in [-0.1, -0.05) is 11.6 Å². The van der Waals surface area contributed by atoms with E-state index in [1.54, 1.807) is 19.4 Å². The third-order valence-corrected chi connectivity index (χ3v) is 5.81. The summed E-state index contributed by atoms with van der Waals surface area (Å²) in [6, 6.07) is 2.77. The van der Waals surface area contributed by atoms with Gasteiger partial charge in [-0.2, -0.15) is 0 Å². The van der Waals surface area contributed by atoms with Gasteiger partial charge in [0, 0.05) is 17.1 Å². The largest absolute Gasteiger partial charge is 0.496 e. The SMILES string of the molecule is COc1ccc(F)c(Cl)c1[C@@H](C)Oc1c(N)ncc2c(C3CCNCC3)coc12. The Bertz CT molecular complexity index is 1030. The molecule has 0 aliphatic carbocycles. The summed E-state index contributed by atoms with van der Waals surface area (Å²) in [6.07, 6.45) is 4.90. The molecule has 0 unspecified atom stereocenters. The molecule has 0 saturated carbocycles. The van der Waals surface area contributed by atoms with Crippen molar-refractivity contribution in [3.63, 3.8) is 0 Å². The van der Waals surface area contributed by atoms with Crippen LogP contribution < -0.4 is 20.5 Å². The van der Waals surface area contributed by atoms with Gasteiger partial charge in [0.1, 0.15) is 17.7 Å².